The molecule has 48 heavy (non-hydrogen) atoms. The summed E-state index contributed by atoms with van der Waals surface area (Å²) < 4.78 is 11.8. The molecule has 1 aliphatic rings. The molecule has 4 N–H and O–H groups in total. The van der Waals surface area contributed by atoms with Crippen molar-refractivity contribution in [2.45, 2.75) is 84.7 Å². The fourth-order valence-corrected chi connectivity index (χ4v) is 6.02. The monoisotopic (exact) mass is 648 g/mol. The largest absolute Gasteiger partial charge is 0.507 e. The fourth-order valence-electron chi connectivity index (χ4n) is 6.02. The van der Waals surface area contributed by atoms with Crippen LogP contribution in [0.15, 0.2) is 96.1 Å². The summed E-state index contributed by atoms with van der Waals surface area (Å²) in [4.78, 5) is 0. The lowest BCUT2D eigenvalue weighted by Gasteiger charge is -2.24. The van der Waals surface area contributed by atoms with Gasteiger partial charge in [-0.15, -0.1) is 0 Å². The van der Waals surface area contributed by atoms with Crippen molar-refractivity contribution >= 4 is 12.2 Å². The second kappa shape index (κ2) is 16.5. The van der Waals surface area contributed by atoms with E-state index in [-0.39, 0.29) is 17.9 Å². The number of rotatable bonds is 11. The Hall–Kier alpha value is -4.52. The van der Waals surface area contributed by atoms with Crippen LogP contribution >= 0.6 is 0 Å². The van der Waals surface area contributed by atoms with Gasteiger partial charge in [-0.3, -0.25) is 0 Å². The van der Waals surface area contributed by atoms with E-state index in [0.29, 0.717) is 66.6 Å². The minimum atomic E-state index is -0.784. The summed E-state index contributed by atoms with van der Waals surface area (Å²) in [6, 6.07) is 27.1. The third-order valence-corrected chi connectivity index (χ3v) is 8.75. The number of aliphatic hydroxyl groups is 2. The summed E-state index contributed by atoms with van der Waals surface area (Å²) in [5.41, 5.74) is 7.50. The predicted molar refractivity (Wildman–Crippen MR) is 192 cm³/mol. The zero-order valence-corrected chi connectivity index (χ0v) is 28.2. The topological polar surface area (TPSA) is 99.4 Å². The first-order valence-electron chi connectivity index (χ1n) is 17.0. The molecule has 2 atom stereocenters. The van der Waals surface area contributed by atoms with Crippen LogP contribution in [-0.2, 0) is 26.1 Å². The molecule has 0 saturated heterocycles. The first-order chi connectivity index (χ1) is 23.1. The van der Waals surface area contributed by atoms with Gasteiger partial charge in [0.25, 0.3) is 0 Å². The van der Waals surface area contributed by atoms with Gasteiger partial charge in [0.05, 0.1) is 12.2 Å². The summed E-state index contributed by atoms with van der Waals surface area (Å²) in [6.07, 6.45) is 5.86. The van der Waals surface area contributed by atoms with Crippen LogP contribution in [-0.4, -0.2) is 32.6 Å². The Morgan fingerprint density at radius 3 is 1.73 bits per heavy atom. The zero-order chi connectivity index (χ0) is 34.0. The minimum absolute atomic E-state index is 0.0499. The molecule has 6 heteroatoms. The second-order valence-electron chi connectivity index (χ2n) is 13.2. The highest BCUT2D eigenvalue weighted by Crippen LogP contribution is 2.34. The van der Waals surface area contributed by atoms with Crippen LogP contribution in [0.2, 0.25) is 0 Å². The Kier molecular flexibility index (Phi) is 12.0. The first-order valence-corrected chi connectivity index (χ1v) is 17.0. The molecule has 4 aromatic carbocycles. The van der Waals surface area contributed by atoms with Crippen molar-refractivity contribution in [3.8, 4) is 23.0 Å². The van der Waals surface area contributed by atoms with E-state index in [2.05, 4.69) is 69.3 Å². The van der Waals surface area contributed by atoms with Crippen LogP contribution in [0.5, 0.6) is 23.0 Å². The summed E-state index contributed by atoms with van der Waals surface area (Å²) in [5, 5.41) is 43.5. The van der Waals surface area contributed by atoms with E-state index in [0.717, 1.165) is 29.5 Å². The summed E-state index contributed by atoms with van der Waals surface area (Å²) in [6.45, 7) is 7.34. The van der Waals surface area contributed by atoms with E-state index in [1.165, 1.54) is 11.1 Å². The van der Waals surface area contributed by atoms with Crippen molar-refractivity contribution in [1.82, 2.24) is 0 Å². The van der Waals surface area contributed by atoms with Crippen molar-refractivity contribution in [1.29, 1.82) is 0 Å². The van der Waals surface area contributed by atoms with Crippen LogP contribution in [0.4, 0.5) is 0 Å². The number of hydrogen-bond acceptors (Lipinski definition) is 6. The number of benzene rings is 4. The number of aliphatic hydroxyl groups excluding tert-OH is 2. The Labute approximate surface area is 284 Å². The molecule has 0 bridgehead atoms. The molecule has 1 saturated carbocycles. The molecule has 0 aromatic heterocycles. The quantitative estimate of drug-likeness (QED) is 0.130. The highest BCUT2D eigenvalue weighted by atomic mass is 16.5. The molecule has 1 aliphatic carbocycles. The summed E-state index contributed by atoms with van der Waals surface area (Å²) in [5.74, 6) is 1.89. The Morgan fingerprint density at radius 1 is 0.688 bits per heavy atom. The lowest BCUT2D eigenvalue weighted by molar-refractivity contribution is 0.139. The molecule has 1 fully saturated rings. The molecule has 0 radical (unpaired) electrons. The maximum absolute atomic E-state index is 11.1. The van der Waals surface area contributed by atoms with Gasteiger partial charge in [-0.25, -0.2) is 0 Å². The van der Waals surface area contributed by atoms with Gasteiger partial charge in [0.1, 0.15) is 36.2 Å². The Bertz CT molecular complexity index is 1700. The Morgan fingerprint density at radius 2 is 1.21 bits per heavy atom. The average Bonchev–Trinajstić information content (AvgIpc) is 3.07. The number of aryl methyl sites for hydroxylation is 1. The molecular formula is C42H48O6. The van der Waals surface area contributed by atoms with Crippen molar-refractivity contribution < 1.29 is 29.9 Å². The normalized spacial score (nSPS) is 18.5. The second-order valence-corrected chi connectivity index (χ2v) is 13.2. The average molecular weight is 649 g/mol. The van der Waals surface area contributed by atoms with E-state index in [9.17, 15) is 20.4 Å². The van der Waals surface area contributed by atoms with Crippen molar-refractivity contribution in [2.75, 3.05) is 0 Å². The lowest BCUT2D eigenvalue weighted by Crippen LogP contribution is -2.20. The number of phenols is 2. The van der Waals surface area contributed by atoms with Crippen LogP contribution in [0.25, 0.3) is 12.2 Å². The third-order valence-electron chi connectivity index (χ3n) is 8.75. The van der Waals surface area contributed by atoms with Crippen LogP contribution in [0.1, 0.15) is 79.8 Å². The molecule has 6 nitrogen and oxygen atoms in total. The van der Waals surface area contributed by atoms with E-state index in [1.807, 2.05) is 18.2 Å². The lowest BCUT2D eigenvalue weighted by atomic mass is 9.87. The van der Waals surface area contributed by atoms with Gasteiger partial charge in [-0.05, 0) is 103 Å². The number of ether oxygens (including phenoxy) is 2. The highest BCUT2D eigenvalue weighted by molar-refractivity contribution is 5.63. The Balaban J connectivity index is 1.17. The van der Waals surface area contributed by atoms with Crippen molar-refractivity contribution in [2.24, 2.45) is 5.92 Å². The zero-order valence-electron chi connectivity index (χ0n) is 28.2. The van der Waals surface area contributed by atoms with Crippen LogP contribution in [0.3, 0.4) is 0 Å². The molecule has 0 amide bonds. The van der Waals surface area contributed by atoms with E-state index in [1.54, 1.807) is 30.3 Å². The molecule has 252 valence electrons. The highest BCUT2D eigenvalue weighted by Gasteiger charge is 2.22. The van der Waals surface area contributed by atoms with Gasteiger partial charge in [0.2, 0.25) is 0 Å². The maximum atomic E-state index is 11.1. The van der Waals surface area contributed by atoms with Gasteiger partial charge >= 0.3 is 0 Å². The molecule has 1 unspecified atom stereocenters. The van der Waals surface area contributed by atoms with Gasteiger partial charge in [0.15, 0.2) is 0 Å². The van der Waals surface area contributed by atoms with Gasteiger partial charge in [-0.2, -0.15) is 0 Å². The van der Waals surface area contributed by atoms with Gasteiger partial charge in [0, 0.05) is 23.3 Å². The molecule has 0 spiro atoms. The number of aromatic hydroxyl groups is 2. The maximum Gasteiger partial charge on any atom is 0.126 e. The molecule has 4 aromatic rings. The standard InChI is InChI=1S/C42H48O6/c1-4-29-5-9-31(10-6-29)26-47-38-16-14-34(41(45)24-38)20-33-13-18-40(44)36(23-37(43)21-33)22-35-15-17-39(25-42(35)46)48-27-32-11-7-30(8-12-32)19-28(2)3/h5-12,14-17,20,22,24-25,28,37,40,43-46H,4,13,18-19,21,23,26-27H2,1-3H3/b33-20+,36-22-/t37?,40-/m0/s1. The van der Waals surface area contributed by atoms with E-state index >= 15 is 0 Å². The van der Waals surface area contributed by atoms with Gasteiger partial charge < -0.3 is 29.9 Å². The molecule has 0 heterocycles. The first kappa shape index (κ1) is 34.8. The minimum Gasteiger partial charge on any atom is -0.507 e. The van der Waals surface area contributed by atoms with Crippen LogP contribution < -0.4 is 9.47 Å². The summed E-state index contributed by atoms with van der Waals surface area (Å²) in [7, 11) is 0. The van der Waals surface area contributed by atoms with Gasteiger partial charge in [-0.1, -0.05) is 81.0 Å². The number of hydrogen-bond donors (Lipinski definition) is 4. The van der Waals surface area contributed by atoms with Crippen molar-refractivity contribution in [3.05, 3.63) is 129 Å². The molecule has 0 aliphatic heterocycles. The summed E-state index contributed by atoms with van der Waals surface area (Å²) >= 11 is 0. The van der Waals surface area contributed by atoms with E-state index in [4.69, 9.17) is 9.47 Å². The fraction of sp³-hybridized carbons (Fsp3) is 0.333. The van der Waals surface area contributed by atoms with Crippen molar-refractivity contribution in [3.63, 3.8) is 0 Å². The molecule has 5 rings (SSSR count). The third kappa shape index (κ3) is 9.99. The SMILES string of the molecule is CCc1ccc(COc2ccc(/C=C3\CC[C@H](O)/C(=C\c4ccc(OCc5ccc(CC(C)C)cc5)cc4O)CC(O)C3)c(O)c2)cc1. The molecular weight excluding hydrogens is 600 g/mol. The number of phenolic OH excluding ortho intramolecular Hbond substituents is 2. The van der Waals surface area contributed by atoms with E-state index < -0.39 is 12.2 Å². The predicted octanol–water partition coefficient (Wildman–Crippen LogP) is 8.78. The van der Waals surface area contributed by atoms with Crippen LogP contribution in [0, 0.1) is 5.92 Å². The smallest absolute Gasteiger partial charge is 0.126 e.